The lowest BCUT2D eigenvalue weighted by molar-refractivity contribution is -0.120. The largest absolute Gasteiger partial charge is 0.355 e. The molecule has 2 aromatic carbocycles. The highest BCUT2D eigenvalue weighted by Gasteiger charge is 2.06. The number of aryl methyl sites for hydroxylation is 1. The Morgan fingerprint density at radius 2 is 1.70 bits per heavy atom. The number of amides is 1. The molecule has 0 saturated carbocycles. The molecule has 0 unspecified atom stereocenters. The normalized spacial score (nSPS) is 10.5. The van der Waals surface area contributed by atoms with Gasteiger partial charge in [-0.3, -0.25) is 4.79 Å². The Kier molecular flexibility index (Phi) is 7.80. The molecule has 2 rings (SSSR count). The first-order chi connectivity index (χ1) is 11.2. The maximum atomic E-state index is 11.8. The van der Waals surface area contributed by atoms with Gasteiger partial charge < -0.3 is 5.32 Å². The monoisotopic (exact) mass is 367 g/mol. The summed E-state index contributed by atoms with van der Waals surface area (Å²) < 4.78 is 0. The highest BCUT2D eigenvalue weighted by Crippen LogP contribution is 2.27. The van der Waals surface area contributed by atoms with Crippen molar-refractivity contribution < 1.29 is 4.79 Å². The van der Waals surface area contributed by atoms with Crippen molar-refractivity contribution >= 4 is 40.9 Å². The van der Waals surface area contributed by atoms with Crippen LogP contribution in [-0.2, 0) is 17.0 Å². The van der Waals surface area contributed by atoms with E-state index in [1.54, 1.807) is 11.8 Å². The van der Waals surface area contributed by atoms with E-state index in [-0.39, 0.29) is 5.91 Å². The molecule has 5 heteroatoms. The maximum absolute atomic E-state index is 11.8. The van der Waals surface area contributed by atoms with Crippen LogP contribution in [-0.4, -0.2) is 18.2 Å². The van der Waals surface area contributed by atoms with Crippen LogP contribution in [0.5, 0.6) is 0 Å². The standard InChI is InChI=1S/C18H19Cl2NOS/c19-16-7-4-8-17(20)15(16)13-23-12-11-21-18(22)10-9-14-5-2-1-3-6-14/h1-8H,9-13H2,(H,21,22). The lowest BCUT2D eigenvalue weighted by atomic mass is 10.1. The number of benzene rings is 2. The Labute approximate surface area is 151 Å². The van der Waals surface area contributed by atoms with Crippen molar-refractivity contribution in [1.82, 2.24) is 5.32 Å². The van der Waals surface area contributed by atoms with Gasteiger partial charge in [-0.25, -0.2) is 0 Å². The molecule has 0 bridgehead atoms. The van der Waals surface area contributed by atoms with Crippen molar-refractivity contribution in [2.45, 2.75) is 18.6 Å². The van der Waals surface area contributed by atoms with E-state index in [1.807, 2.05) is 48.5 Å². The molecule has 1 N–H and O–H groups in total. The predicted octanol–water partition coefficient (Wildman–Crippen LogP) is 4.98. The smallest absolute Gasteiger partial charge is 0.220 e. The van der Waals surface area contributed by atoms with Gasteiger partial charge in [0.15, 0.2) is 0 Å². The summed E-state index contributed by atoms with van der Waals surface area (Å²) in [5.41, 5.74) is 2.14. The molecule has 1 amide bonds. The van der Waals surface area contributed by atoms with E-state index in [1.165, 1.54) is 5.56 Å². The van der Waals surface area contributed by atoms with Crippen LogP contribution < -0.4 is 5.32 Å². The second kappa shape index (κ2) is 9.86. The summed E-state index contributed by atoms with van der Waals surface area (Å²) in [5.74, 6) is 1.67. The molecule has 2 nitrogen and oxygen atoms in total. The summed E-state index contributed by atoms with van der Waals surface area (Å²) >= 11 is 14.0. The van der Waals surface area contributed by atoms with Crippen LogP contribution in [0.3, 0.4) is 0 Å². The van der Waals surface area contributed by atoms with Gasteiger partial charge >= 0.3 is 0 Å². The van der Waals surface area contributed by atoms with Gasteiger partial charge in [-0.2, -0.15) is 11.8 Å². The highest BCUT2D eigenvalue weighted by atomic mass is 35.5. The van der Waals surface area contributed by atoms with Gasteiger partial charge in [-0.1, -0.05) is 59.6 Å². The minimum absolute atomic E-state index is 0.0882. The minimum Gasteiger partial charge on any atom is -0.355 e. The summed E-state index contributed by atoms with van der Waals surface area (Å²) in [7, 11) is 0. The van der Waals surface area contributed by atoms with Crippen LogP contribution in [0.25, 0.3) is 0 Å². The lowest BCUT2D eigenvalue weighted by Crippen LogP contribution is -2.25. The number of nitrogens with one attached hydrogen (secondary N) is 1. The van der Waals surface area contributed by atoms with Crippen LogP contribution in [0, 0.1) is 0 Å². The summed E-state index contributed by atoms with van der Waals surface area (Å²) in [6, 6.07) is 15.6. The molecular weight excluding hydrogens is 349 g/mol. The summed E-state index contributed by atoms with van der Waals surface area (Å²) in [5, 5.41) is 4.33. The second-order valence-corrected chi connectivity index (χ2v) is 7.01. The van der Waals surface area contributed by atoms with E-state index in [0.29, 0.717) is 23.0 Å². The van der Waals surface area contributed by atoms with Gasteiger partial charge in [0, 0.05) is 34.5 Å². The number of halogens is 2. The molecule has 23 heavy (non-hydrogen) atoms. The van der Waals surface area contributed by atoms with Gasteiger partial charge in [0.2, 0.25) is 5.91 Å². The van der Waals surface area contributed by atoms with Gasteiger partial charge in [-0.15, -0.1) is 0 Å². The highest BCUT2D eigenvalue weighted by molar-refractivity contribution is 7.98. The minimum atomic E-state index is 0.0882. The van der Waals surface area contributed by atoms with E-state index in [9.17, 15) is 4.79 Å². The van der Waals surface area contributed by atoms with Crippen molar-refractivity contribution in [3.63, 3.8) is 0 Å². The van der Waals surface area contributed by atoms with Crippen molar-refractivity contribution in [3.8, 4) is 0 Å². The molecule has 0 saturated heterocycles. The van der Waals surface area contributed by atoms with Crippen LogP contribution in [0.4, 0.5) is 0 Å². The first-order valence-electron chi connectivity index (χ1n) is 7.48. The number of hydrogen-bond donors (Lipinski definition) is 1. The number of carbonyl (C=O) groups excluding carboxylic acids is 1. The topological polar surface area (TPSA) is 29.1 Å². The average molecular weight is 368 g/mol. The molecule has 0 heterocycles. The molecule has 0 aromatic heterocycles. The summed E-state index contributed by atoms with van der Waals surface area (Å²) in [6.45, 7) is 0.653. The maximum Gasteiger partial charge on any atom is 0.220 e. The van der Waals surface area contributed by atoms with E-state index in [2.05, 4.69) is 5.32 Å². The third kappa shape index (κ3) is 6.46. The Morgan fingerprint density at radius 3 is 2.39 bits per heavy atom. The average Bonchev–Trinajstić information content (AvgIpc) is 2.56. The molecule has 0 atom stereocenters. The lowest BCUT2D eigenvalue weighted by Gasteiger charge is -2.08. The first kappa shape index (κ1) is 18.2. The Morgan fingerprint density at radius 1 is 1.00 bits per heavy atom. The molecule has 0 aliphatic heterocycles. The SMILES string of the molecule is O=C(CCc1ccccc1)NCCSCc1c(Cl)cccc1Cl. The van der Waals surface area contributed by atoms with Crippen molar-refractivity contribution in [1.29, 1.82) is 0 Å². The Balaban J connectivity index is 1.61. The van der Waals surface area contributed by atoms with E-state index in [0.717, 1.165) is 23.5 Å². The number of rotatable bonds is 8. The Hall–Kier alpha value is -1.16. The number of thioether (sulfide) groups is 1. The zero-order valence-electron chi connectivity index (χ0n) is 12.7. The van der Waals surface area contributed by atoms with Crippen molar-refractivity contribution in [2.24, 2.45) is 0 Å². The summed E-state index contributed by atoms with van der Waals surface area (Å²) in [4.78, 5) is 11.8. The first-order valence-corrected chi connectivity index (χ1v) is 9.39. The predicted molar refractivity (Wildman–Crippen MR) is 100 cm³/mol. The molecule has 0 fully saturated rings. The quantitative estimate of drug-likeness (QED) is 0.666. The molecule has 0 aliphatic carbocycles. The number of carbonyl (C=O) groups is 1. The van der Waals surface area contributed by atoms with Gasteiger partial charge in [0.1, 0.15) is 0 Å². The third-order valence-electron chi connectivity index (χ3n) is 3.36. The number of hydrogen-bond acceptors (Lipinski definition) is 2. The zero-order chi connectivity index (χ0) is 16.5. The molecule has 0 radical (unpaired) electrons. The molecule has 122 valence electrons. The Bertz CT molecular complexity index is 614. The fraction of sp³-hybridized carbons (Fsp3) is 0.278. The van der Waals surface area contributed by atoms with Crippen molar-refractivity contribution in [2.75, 3.05) is 12.3 Å². The third-order valence-corrected chi connectivity index (χ3v) is 5.05. The second-order valence-electron chi connectivity index (χ2n) is 5.09. The van der Waals surface area contributed by atoms with Crippen LogP contribution >= 0.6 is 35.0 Å². The van der Waals surface area contributed by atoms with Crippen molar-refractivity contribution in [3.05, 3.63) is 69.7 Å². The fourth-order valence-electron chi connectivity index (χ4n) is 2.10. The van der Waals surface area contributed by atoms with Crippen LogP contribution in [0.2, 0.25) is 10.0 Å². The molecule has 0 spiro atoms. The van der Waals surface area contributed by atoms with E-state index in [4.69, 9.17) is 23.2 Å². The molecule has 0 aliphatic rings. The fourth-order valence-corrected chi connectivity index (χ4v) is 3.69. The van der Waals surface area contributed by atoms with E-state index >= 15 is 0 Å². The van der Waals surface area contributed by atoms with Gasteiger partial charge in [0.25, 0.3) is 0 Å². The zero-order valence-corrected chi connectivity index (χ0v) is 15.1. The van der Waals surface area contributed by atoms with Crippen LogP contribution in [0.1, 0.15) is 17.5 Å². The van der Waals surface area contributed by atoms with Gasteiger partial charge in [0.05, 0.1) is 0 Å². The van der Waals surface area contributed by atoms with Crippen LogP contribution in [0.15, 0.2) is 48.5 Å². The summed E-state index contributed by atoms with van der Waals surface area (Å²) in [6.07, 6.45) is 1.29. The van der Waals surface area contributed by atoms with Gasteiger partial charge in [-0.05, 0) is 29.7 Å². The molecule has 2 aromatic rings. The van der Waals surface area contributed by atoms with E-state index < -0.39 is 0 Å². The molecular formula is C18H19Cl2NOS.